The molecule has 0 atom stereocenters. The van der Waals surface area contributed by atoms with E-state index < -0.39 is 10.0 Å². The van der Waals surface area contributed by atoms with E-state index in [1.807, 2.05) is 4.90 Å². The number of nitrogens with zero attached hydrogens (tertiary/aromatic N) is 2. The Morgan fingerprint density at radius 3 is 2.25 bits per heavy atom. The van der Waals surface area contributed by atoms with Crippen LogP contribution in [0.2, 0.25) is 0 Å². The first-order chi connectivity index (χ1) is 11.5. The number of benzene rings is 1. The summed E-state index contributed by atoms with van der Waals surface area (Å²) in [6.07, 6.45) is 0. The first-order valence-electron chi connectivity index (χ1n) is 7.82. The van der Waals surface area contributed by atoms with E-state index in [-0.39, 0.29) is 24.7 Å². The largest absolute Gasteiger partial charge is 0.497 e. The van der Waals surface area contributed by atoms with Gasteiger partial charge in [-0.1, -0.05) is 0 Å². The lowest BCUT2D eigenvalue weighted by molar-refractivity contribution is 0.0901. The second-order valence-electron chi connectivity index (χ2n) is 5.64. The summed E-state index contributed by atoms with van der Waals surface area (Å²) in [6.45, 7) is 2.39. The molecule has 2 rings (SSSR count). The number of carbonyl (C=O) groups excluding carboxylic acids is 1. The lowest BCUT2D eigenvalue weighted by Crippen LogP contribution is -2.50. The summed E-state index contributed by atoms with van der Waals surface area (Å²) >= 11 is 0. The predicted octanol–water partition coefficient (Wildman–Crippen LogP) is 0.472. The monoisotopic (exact) mass is 356 g/mol. The molecule has 1 aliphatic rings. The van der Waals surface area contributed by atoms with E-state index in [1.165, 1.54) is 11.4 Å². The summed E-state index contributed by atoms with van der Waals surface area (Å²) in [5.41, 5.74) is 0.631. The SMILES string of the molecule is COCCS(=O)(=O)N1CCN(CC(=O)c2ccc(OC)cc2)CC1. The van der Waals surface area contributed by atoms with E-state index >= 15 is 0 Å². The fourth-order valence-corrected chi connectivity index (χ4v) is 3.91. The van der Waals surface area contributed by atoms with Gasteiger partial charge in [-0.15, -0.1) is 0 Å². The molecule has 1 aliphatic heterocycles. The number of hydrogen-bond donors (Lipinski definition) is 0. The average Bonchev–Trinajstić information content (AvgIpc) is 2.60. The zero-order valence-corrected chi connectivity index (χ0v) is 14.9. The molecule has 0 bridgehead atoms. The van der Waals surface area contributed by atoms with E-state index in [9.17, 15) is 13.2 Å². The van der Waals surface area contributed by atoms with Crippen LogP contribution in [0, 0.1) is 0 Å². The molecule has 0 aromatic heterocycles. The van der Waals surface area contributed by atoms with Crippen molar-refractivity contribution in [3.05, 3.63) is 29.8 Å². The second kappa shape index (κ2) is 8.57. The van der Waals surface area contributed by atoms with Gasteiger partial charge < -0.3 is 9.47 Å². The lowest BCUT2D eigenvalue weighted by atomic mass is 10.1. The van der Waals surface area contributed by atoms with Crippen molar-refractivity contribution in [2.75, 3.05) is 59.3 Å². The smallest absolute Gasteiger partial charge is 0.216 e. The molecule has 1 aromatic carbocycles. The lowest BCUT2D eigenvalue weighted by Gasteiger charge is -2.33. The van der Waals surface area contributed by atoms with Gasteiger partial charge in [0.15, 0.2) is 5.78 Å². The third-order valence-corrected chi connectivity index (χ3v) is 5.88. The number of piperazine rings is 1. The summed E-state index contributed by atoms with van der Waals surface area (Å²) in [4.78, 5) is 14.3. The molecular formula is C16H24N2O5S. The fourth-order valence-electron chi connectivity index (χ4n) is 2.55. The molecule has 0 N–H and O–H groups in total. The first-order valence-corrected chi connectivity index (χ1v) is 9.43. The second-order valence-corrected chi connectivity index (χ2v) is 7.72. The molecule has 0 radical (unpaired) electrons. The Morgan fingerprint density at radius 2 is 1.71 bits per heavy atom. The van der Waals surface area contributed by atoms with Crippen LogP contribution in [-0.4, -0.2) is 82.7 Å². The van der Waals surface area contributed by atoms with Crippen molar-refractivity contribution in [1.29, 1.82) is 0 Å². The van der Waals surface area contributed by atoms with Crippen molar-refractivity contribution >= 4 is 15.8 Å². The van der Waals surface area contributed by atoms with E-state index in [0.717, 1.165) is 0 Å². The van der Waals surface area contributed by atoms with Crippen LogP contribution in [0.5, 0.6) is 5.75 Å². The van der Waals surface area contributed by atoms with Crippen LogP contribution in [-0.2, 0) is 14.8 Å². The number of hydrogen-bond acceptors (Lipinski definition) is 6. The molecule has 1 saturated heterocycles. The molecule has 1 fully saturated rings. The van der Waals surface area contributed by atoms with Crippen LogP contribution < -0.4 is 4.74 Å². The molecule has 1 aromatic rings. The normalized spacial score (nSPS) is 16.9. The average molecular weight is 356 g/mol. The summed E-state index contributed by atoms with van der Waals surface area (Å²) in [6, 6.07) is 7.00. The molecule has 8 heteroatoms. The van der Waals surface area contributed by atoms with Gasteiger partial charge in [-0.05, 0) is 24.3 Å². The van der Waals surface area contributed by atoms with E-state index in [0.29, 0.717) is 37.5 Å². The van der Waals surface area contributed by atoms with E-state index in [1.54, 1.807) is 31.4 Å². The molecule has 0 unspecified atom stereocenters. The Morgan fingerprint density at radius 1 is 1.08 bits per heavy atom. The zero-order valence-electron chi connectivity index (χ0n) is 14.1. The van der Waals surface area contributed by atoms with Crippen LogP contribution >= 0.6 is 0 Å². The standard InChI is InChI=1S/C16H24N2O5S/c1-22-11-12-24(20,21)18-9-7-17(8-10-18)13-16(19)14-3-5-15(23-2)6-4-14/h3-6H,7-13H2,1-2H3. The minimum absolute atomic E-state index is 0.00568. The minimum atomic E-state index is -3.27. The van der Waals surface area contributed by atoms with Crippen LogP contribution in [0.15, 0.2) is 24.3 Å². The predicted molar refractivity (Wildman–Crippen MR) is 91.0 cm³/mol. The van der Waals surface area contributed by atoms with Crippen molar-refractivity contribution < 1.29 is 22.7 Å². The van der Waals surface area contributed by atoms with Gasteiger partial charge >= 0.3 is 0 Å². The van der Waals surface area contributed by atoms with Crippen LogP contribution in [0.3, 0.4) is 0 Å². The number of sulfonamides is 1. The maximum absolute atomic E-state index is 12.3. The highest BCUT2D eigenvalue weighted by atomic mass is 32.2. The van der Waals surface area contributed by atoms with Gasteiger partial charge in [-0.25, -0.2) is 8.42 Å². The first kappa shape index (κ1) is 18.9. The van der Waals surface area contributed by atoms with Gasteiger partial charge in [-0.2, -0.15) is 4.31 Å². The molecular weight excluding hydrogens is 332 g/mol. The zero-order chi connectivity index (χ0) is 17.6. The van der Waals surface area contributed by atoms with Crippen molar-refractivity contribution in [3.63, 3.8) is 0 Å². The number of ether oxygens (including phenoxy) is 2. The van der Waals surface area contributed by atoms with Crippen molar-refractivity contribution in [2.45, 2.75) is 0 Å². The molecule has 0 saturated carbocycles. The van der Waals surface area contributed by atoms with Gasteiger partial charge in [0.1, 0.15) is 5.75 Å². The molecule has 1 heterocycles. The molecule has 24 heavy (non-hydrogen) atoms. The Labute approximate surface area is 143 Å². The number of ketones is 1. The highest BCUT2D eigenvalue weighted by molar-refractivity contribution is 7.89. The van der Waals surface area contributed by atoms with Gasteiger partial charge in [-0.3, -0.25) is 9.69 Å². The topological polar surface area (TPSA) is 76.2 Å². The number of methoxy groups -OCH3 is 2. The summed E-state index contributed by atoms with van der Waals surface area (Å²) in [5, 5.41) is 0. The highest BCUT2D eigenvalue weighted by Crippen LogP contribution is 2.13. The number of Topliss-reactive ketones (excluding diaryl/α,β-unsaturated/α-hetero) is 1. The highest BCUT2D eigenvalue weighted by Gasteiger charge is 2.27. The quantitative estimate of drug-likeness (QED) is 0.631. The third-order valence-electron chi connectivity index (χ3n) is 4.05. The van der Waals surface area contributed by atoms with Crippen LogP contribution in [0.4, 0.5) is 0 Å². The minimum Gasteiger partial charge on any atom is -0.497 e. The molecule has 134 valence electrons. The molecule has 7 nitrogen and oxygen atoms in total. The Hall–Kier alpha value is -1.48. The molecule has 0 spiro atoms. The number of carbonyl (C=O) groups is 1. The Kier molecular flexibility index (Phi) is 6.73. The van der Waals surface area contributed by atoms with Gasteiger partial charge in [0.05, 0.1) is 26.0 Å². The molecule has 0 aliphatic carbocycles. The maximum atomic E-state index is 12.3. The van der Waals surface area contributed by atoms with Crippen molar-refractivity contribution in [3.8, 4) is 5.75 Å². The Bertz CT molecular complexity index is 637. The molecule has 0 amide bonds. The number of rotatable bonds is 8. The fraction of sp³-hybridized carbons (Fsp3) is 0.562. The van der Waals surface area contributed by atoms with Crippen molar-refractivity contribution in [1.82, 2.24) is 9.21 Å². The van der Waals surface area contributed by atoms with Crippen LogP contribution in [0.25, 0.3) is 0 Å². The summed E-state index contributed by atoms with van der Waals surface area (Å²) < 4.78 is 35.6. The van der Waals surface area contributed by atoms with Gasteiger partial charge in [0.25, 0.3) is 0 Å². The van der Waals surface area contributed by atoms with Crippen molar-refractivity contribution in [2.24, 2.45) is 0 Å². The van der Waals surface area contributed by atoms with Gasteiger partial charge in [0.2, 0.25) is 10.0 Å². The summed E-state index contributed by atoms with van der Waals surface area (Å²) in [7, 11) is -0.210. The van der Waals surface area contributed by atoms with Crippen LogP contribution in [0.1, 0.15) is 10.4 Å². The van der Waals surface area contributed by atoms with E-state index in [4.69, 9.17) is 9.47 Å². The summed E-state index contributed by atoms with van der Waals surface area (Å²) in [5.74, 6) is 0.726. The van der Waals surface area contributed by atoms with E-state index in [2.05, 4.69) is 0 Å². The Balaban J connectivity index is 1.85. The van der Waals surface area contributed by atoms with Gasteiger partial charge in [0, 0.05) is 38.9 Å². The maximum Gasteiger partial charge on any atom is 0.216 e. The third kappa shape index (κ3) is 5.01.